The molecule has 1 N–H and O–H groups in total. The Hall–Kier alpha value is -1.53. The maximum atomic E-state index is 12.9. The lowest BCUT2D eigenvalue weighted by Gasteiger charge is -2.33. The van der Waals surface area contributed by atoms with Crippen LogP contribution in [0.15, 0.2) is 24.3 Å². The van der Waals surface area contributed by atoms with E-state index in [1.807, 2.05) is 0 Å². The summed E-state index contributed by atoms with van der Waals surface area (Å²) in [7, 11) is 0. The Morgan fingerprint density at radius 3 is 2.81 bits per heavy atom. The zero-order valence-corrected chi connectivity index (χ0v) is 12.7. The molecule has 6 heteroatoms. The molecule has 0 saturated carbocycles. The van der Waals surface area contributed by atoms with Crippen molar-refractivity contribution in [3.63, 3.8) is 0 Å². The van der Waals surface area contributed by atoms with Crippen LogP contribution in [0, 0.1) is 11.7 Å². The molecular weight excluding hydrogens is 289 g/mol. The van der Waals surface area contributed by atoms with Gasteiger partial charge in [-0.1, -0.05) is 30.4 Å². The molecule has 0 aliphatic carbocycles. The predicted molar refractivity (Wildman–Crippen MR) is 81.1 cm³/mol. The maximum absolute atomic E-state index is 12.9. The van der Waals surface area contributed by atoms with Crippen molar-refractivity contribution < 1.29 is 9.50 Å². The molecule has 0 radical (unpaired) electrons. The van der Waals surface area contributed by atoms with Crippen LogP contribution in [-0.4, -0.2) is 34.5 Å². The van der Waals surface area contributed by atoms with Gasteiger partial charge in [-0.2, -0.15) is 0 Å². The molecule has 1 aliphatic heterocycles. The van der Waals surface area contributed by atoms with Gasteiger partial charge in [0, 0.05) is 19.5 Å². The van der Waals surface area contributed by atoms with Gasteiger partial charge in [-0.15, -0.1) is 10.2 Å². The number of benzene rings is 1. The van der Waals surface area contributed by atoms with Crippen LogP contribution in [0.2, 0.25) is 0 Å². The Labute approximate surface area is 127 Å². The Morgan fingerprint density at radius 1 is 1.33 bits per heavy atom. The van der Waals surface area contributed by atoms with Crippen molar-refractivity contribution in [1.82, 2.24) is 10.2 Å². The van der Waals surface area contributed by atoms with E-state index in [2.05, 4.69) is 22.0 Å². The largest absolute Gasteiger partial charge is 0.391 e. The van der Waals surface area contributed by atoms with Crippen molar-refractivity contribution >= 4 is 16.5 Å². The molecule has 1 aromatic carbocycles. The van der Waals surface area contributed by atoms with Gasteiger partial charge in [0.15, 0.2) is 0 Å². The molecule has 0 amide bonds. The Balaban J connectivity index is 1.67. The lowest BCUT2D eigenvalue weighted by atomic mass is 9.96. The maximum Gasteiger partial charge on any atom is 0.208 e. The van der Waals surface area contributed by atoms with Crippen LogP contribution in [0.25, 0.3) is 0 Å². The van der Waals surface area contributed by atoms with Gasteiger partial charge in [-0.3, -0.25) is 0 Å². The molecule has 0 bridgehead atoms. The van der Waals surface area contributed by atoms with E-state index in [0.29, 0.717) is 18.9 Å². The first kappa shape index (κ1) is 14.4. The van der Waals surface area contributed by atoms with Crippen LogP contribution < -0.4 is 4.90 Å². The number of aliphatic hydroxyl groups excluding tert-OH is 1. The lowest BCUT2D eigenvalue weighted by molar-refractivity contribution is 0.103. The minimum Gasteiger partial charge on any atom is -0.391 e. The average molecular weight is 307 g/mol. The van der Waals surface area contributed by atoms with Gasteiger partial charge in [0.1, 0.15) is 10.8 Å². The fraction of sp³-hybridized carbons (Fsp3) is 0.467. The number of aromatic nitrogens is 2. The molecule has 2 heterocycles. The summed E-state index contributed by atoms with van der Waals surface area (Å²) in [6.07, 6.45) is 1.32. The smallest absolute Gasteiger partial charge is 0.208 e. The number of hydrogen-bond acceptors (Lipinski definition) is 5. The number of nitrogens with zero attached hydrogens (tertiary/aromatic N) is 3. The fourth-order valence-corrected chi connectivity index (χ4v) is 3.35. The first-order valence-electron chi connectivity index (χ1n) is 7.11. The summed E-state index contributed by atoms with van der Waals surface area (Å²) >= 11 is 1.54. The highest BCUT2D eigenvalue weighted by Gasteiger charge is 2.26. The van der Waals surface area contributed by atoms with Gasteiger partial charge < -0.3 is 10.0 Å². The second-order valence-corrected chi connectivity index (χ2v) is 6.60. The van der Waals surface area contributed by atoms with Crippen LogP contribution in [0.4, 0.5) is 9.52 Å². The highest BCUT2D eigenvalue weighted by atomic mass is 32.1. The van der Waals surface area contributed by atoms with Crippen LogP contribution in [-0.2, 0) is 6.42 Å². The van der Waals surface area contributed by atoms with Crippen LogP contribution in [0.3, 0.4) is 0 Å². The van der Waals surface area contributed by atoms with Gasteiger partial charge in [-0.25, -0.2) is 4.39 Å². The number of aliphatic hydroxyl groups is 1. The molecule has 1 fully saturated rings. The standard InChI is InChI=1S/C15H18FN3OS/c1-10-6-7-19(9-13(10)20)15-18-17-14(21-15)8-11-2-4-12(16)5-3-11/h2-5,10,13,20H,6-9H2,1H3/t10-,13+/m1/s1. The molecule has 0 spiro atoms. The van der Waals surface area contributed by atoms with Crippen molar-refractivity contribution in [2.24, 2.45) is 5.92 Å². The van der Waals surface area contributed by atoms with E-state index in [4.69, 9.17) is 0 Å². The van der Waals surface area contributed by atoms with E-state index in [-0.39, 0.29) is 11.9 Å². The summed E-state index contributed by atoms with van der Waals surface area (Å²) in [5.74, 6) is 0.112. The molecule has 1 aliphatic rings. The number of β-amino-alcohol motifs (C(OH)–C–C–N with tert-alkyl or cyclic N) is 1. The minimum absolute atomic E-state index is 0.229. The van der Waals surface area contributed by atoms with Crippen LogP contribution in [0.5, 0.6) is 0 Å². The number of anilines is 1. The predicted octanol–water partition coefficient (Wildman–Crippen LogP) is 2.48. The number of halogens is 1. The first-order valence-corrected chi connectivity index (χ1v) is 7.93. The van der Waals surface area contributed by atoms with E-state index >= 15 is 0 Å². The summed E-state index contributed by atoms with van der Waals surface area (Å²) in [6.45, 7) is 3.60. The molecule has 1 saturated heterocycles. The second kappa shape index (κ2) is 6.07. The SMILES string of the molecule is C[C@@H]1CCN(c2nnc(Cc3ccc(F)cc3)s2)C[C@@H]1O. The van der Waals surface area contributed by atoms with Crippen molar-refractivity contribution in [3.05, 3.63) is 40.7 Å². The fourth-order valence-electron chi connectivity index (χ4n) is 2.44. The number of hydrogen-bond donors (Lipinski definition) is 1. The molecule has 21 heavy (non-hydrogen) atoms. The van der Waals surface area contributed by atoms with Gasteiger partial charge in [0.2, 0.25) is 5.13 Å². The summed E-state index contributed by atoms with van der Waals surface area (Å²) < 4.78 is 12.9. The quantitative estimate of drug-likeness (QED) is 0.946. The van der Waals surface area contributed by atoms with Crippen molar-refractivity contribution in [2.45, 2.75) is 25.9 Å². The molecule has 1 aromatic heterocycles. The molecule has 2 aromatic rings. The highest BCUT2D eigenvalue weighted by molar-refractivity contribution is 7.15. The Morgan fingerprint density at radius 2 is 2.10 bits per heavy atom. The van der Waals surface area contributed by atoms with Gasteiger partial charge in [-0.05, 0) is 30.0 Å². The average Bonchev–Trinajstić information content (AvgIpc) is 2.93. The van der Waals surface area contributed by atoms with Gasteiger partial charge in [0.05, 0.1) is 6.10 Å². The molecular formula is C15H18FN3OS. The summed E-state index contributed by atoms with van der Waals surface area (Å²) in [5.41, 5.74) is 1.02. The zero-order chi connectivity index (χ0) is 14.8. The van der Waals surface area contributed by atoms with E-state index in [0.717, 1.165) is 28.7 Å². The van der Waals surface area contributed by atoms with Crippen LogP contribution in [0.1, 0.15) is 23.9 Å². The third-order valence-corrected chi connectivity index (χ3v) is 4.90. The van der Waals surface area contributed by atoms with E-state index in [1.54, 1.807) is 23.5 Å². The van der Waals surface area contributed by atoms with E-state index < -0.39 is 0 Å². The highest BCUT2D eigenvalue weighted by Crippen LogP contribution is 2.27. The summed E-state index contributed by atoms with van der Waals surface area (Å²) in [4.78, 5) is 2.09. The normalized spacial score (nSPS) is 22.5. The van der Waals surface area contributed by atoms with Gasteiger partial charge in [0.25, 0.3) is 0 Å². The minimum atomic E-state index is -0.303. The van der Waals surface area contributed by atoms with Crippen molar-refractivity contribution in [1.29, 1.82) is 0 Å². The molecule has 4 nitrogen and oxygen atoms in total. The van der Waals surface area contributed by atoms with Crippen molar-refractivity contribution in [2.75, 3.05) is 18.0 Å². The Bertz CT molecular complexity index is 601. The number of rotatable bonds is 3. The number of piperidine rings is 1. The molecule has 112 valence electrons. The van der Waals surface area contributed by atoms with E-state index in [9.17, 15) is 9.50 Å². The monoisotopic (exact) mass is 307 g/mol. The third-order valence-electron chi connectivity index (χ3n) is 3.91. The van der Waals surface area contributed by atoms with Gasteiger partial charge >= 0.3 is 0 Å². The zero-order valence-electron chi connectivity index (χ0n) is 11.9. The molecule has 2 atom stereocenters. The first-order chi connectivity index (χ1) is 10.1. The van der Waals surface area contributed by atoms with E-state index in [1.165, 1.54) is 12.1 Å². The lowest BCUT2D eigenvalue weighted by Crippen LogP contribution is -2.42. The van der Waals surface area contributed by atoms with Crippen LogP contribution >= 0.6 is 11.3 Å². The summed E-state index contributed by atoms with van der Waals surface area (Å²) in [5, 5.41) is 20.2. The van der Waals surface area contributed by atoms with Crippen molar-refractivity contribution in [3.8, 4) is 0 Å². The molecule has 3 rings (SSSR count). The molecule has 0 unspecified atom stereocenters. The Kier molecular flexibility index (Phi) is 4.17. The topological polar surface area (TPSA) is 49.2 Å². The third kappa shape index (κ3) is 3.39. The second-order valence-electron chi connectivity index (χ2n) is 5.56. The summed E-state index contributed by atoms with van der Waals surface area (Å²) in [6, 6.07) is 6.45.